The van der Waals surface area contributed by atoms with Crippen molar-refractivity contribution >= 4 is 70.9 Å². The molecule has 0 amide bonds. The molecule has 0 heterocycles. The van der Waals surface area contributed by atoms with E-state index in [0.717, 1.165) is 17.1 Å². The zero-order valence-electron chi connectivity index (χ0n) is 31.3. The Bertz CT molecular complexity index is 3260. The first-order valence-corrected chi connectivity index (χ1v) is 19.7. The molecule has 0 aliphatic carbocycles. The summed E-state index contributed by atoms with van der Waals surface area (Å²) in [5, 5.41) is 12.7. The van der Waals surface area contributed by atoms with Gasteiger partial charge in [-0.15, -0.1) is 0 Å². The van der Waals surface area contributed by atoms with Gasteiger partial charge in [0.1, 0.15) is 0 Å². The van der Waals surface area contributed by atoms with Crippen LogP contribution in [0, 0.1) is 0 Å². The van der Waals surface area contributed by atoms with E-state index in [1.807, 2.05) is 0 Å². The van der Waals surface area contributed by atoms with Gasteiger partial charge in [0.2, 0.25) is 0 Å². The fourth-order valence-electron chi connectivity index (χ4n) is 8.89. The molecule has 0 fully saturated rings. The summed E-state index contributed by atoms with van der Waals surface area (Å²) >= 11 is 0. The average molecular weight is 724 g/mol. The largest absolute Gasteiger partial charge is 0.310 e. The van der Waals surface area contributed by atoms with Crippen molar-refractivity contribution in [3.05, 3.63) is 224 Å². The molecular formula is C56H37N. The van der Waals surface area contributed by atoms with Crippen molar-refractivity contribution in [2.24, 2.45) is 0 Å². The van der Waals surface area contributed by atoms with Crippen LogP contribution in [-0.2, 0) is 0 Å². The summed E-state index contributed by atoms with van der Waals surface area (Å²) in [7, 11) is 0. The van der Waals surface area contributed by atoms with Crippen molar-refractivity contribution in [3.63, 3.8) is 0 Å². The molecule has 0 saturated carbocycles. The van der Waals surface area contributed by atoms with Gasteiger partial charge in [0.05, 0.1) is 5.69 Å². The van der Waals surface area contributed by atoms with E-state index < -0.39 is 0 Å². The maximum atomic E-state index is 2.41. The molecule has 0 saturated heterocycles. The summed E-state index contributed by atoms with van der Waals surface area (Å²) in [6.45, 7) is 0. The molecule has 0 N–H and O–H groups in total. The molecule has 0 unspecified atom stereocenters. The predicted octanol–water partition coefficient (Wildman–Crippen LogP) is 15.9. The Morgan fingerprint density at radius 3 is 1.42 bits per heavy atom. The summed E-state index contributed by atoms with van der Waals surface area (Å²) in [6.07, 6.45) is 0. The van der Waals surface area contributed by atoms with Crippen molar-refractivity contribution in [1.82, 2.24) is 0 Å². The van der Waals surface area contributed by atoms with Crippen LogP contribution in [0.2, 0.25) is 0 Å². The Morgan fingerprint density at radius 2 is 0.702 bits per heavy atom. The standard InChI is InChI=1S/C56H37N/c1-3-21-47-39(13-1)15-11-27-48(47)44-19-9-17-41(35-44)42-18-10-20-46(36-42)57(56-28-12-16-40-14-2-4-22-49(40)56)45-32-29-38(30-33-45)43-31-34-54-52-25-6-5-23-50(52)51-24-7-8-26-53(51)55(54)37-43/h1-37H. The van der Waals surface area contributed by atoms with Crippen LogP contribution in [0.1, 0.15) is 0 Å². The van der Waals surface area contributed by atoms with E-state index >= 15 is 0 Å². The van der Waals surface area contributed by atoms with Gasteiger partial charge in [-0.2, -0.15) is 0 Å². The van der Waals surface area contributed by atoms with Crippen LogP contribution in [0.5, 0.6) is 0 Å². The van der Waals surface area contributed by atoms with Gasteiger partial charge in [0.15, 0.2) is 0 Å². The minimum atomic E-state index is 1.11. The van der Waals surface area contributed by atoms with E-state index in [9.17, 15) is 0 Å². The smallest absolute Gasteiger partial charge is 0.0540 e. The number of hydrogen-bond acceptors (Lipinski definition) is 1. The second-order valence-corrected chi connectivity index (χ2v) is 14.9. The minimum Gasteiger partial charge on any atom is -0.310 e. The quantitative estimate of drug-likeness (QED) is 0.154. The summed E-state index contributed by atoms with van der Waals surface area (Å²) in [5.41, 5.74) is 10.6. The number of benzene rings is 11. The molecule has 0 aliphatic rings. The lowest BCUT2D eigenvalue weighted by Crippen LogP contribution is -2.10. The summed E-state index contributed by atoms with van der Waals surface area (Å²) in [4.78, 5) is 2.41. The van der Waals surface area contributed by atoms with E-state index in [2.05, 4.69) is 229 Å². The zero-order chi connectivity index (χ0) is 37.7. The maximum absolute atomic E-state index is 2.41. The molecule has 266 valence electrons. The topological polar surface area (TPSA) is 3.24 Å². The molecule has 0 atom stereocenters. The molecule has 1 nitrogen and oxygen atoms in total. The molecule has 0 bridgehead atoms. The Morgan fingerprint density at radius 1 is 0.228 bits per heavy atom. The van der Waals surface area contributed by atoms with Gasteiger partial charge in [-0.05, 0) is 124 Å². The summed E-state index contributed by atoms with van der Waals surface area (Å²) < 4.78 is 0. The van der Waals surface area contributed by atoms with Crippen molar-refractivity contribution in [3.8, 4) is 33.4 Å². The van der Waals surface area contributed by atoms with Crippen LogP contribution in [0.25, 0.3) is 87.2 Å². The zero-order valence-corrected chi connectivity index (χ0v) is 31.3. The monoisotopic (exact) mass is 723 g/mol. The normalized spacial score (nSPS) is 11.5. The molecule has 0 aliphatic heterocycles. The Labute approximate surface area is 332 Å². The minimum absolute atomic E-state index is 1.11. The van der Waals surface area contributed by atoms with Crippen molar-refractivity contribution < 1.29 is 0 Å². The van der Waals surface area contributed by atoms with Crippen molar-refractivity contribution in [1.29, 1.82) is 0 Å². The summed E-state index contributed by atoms with van der Waals surface area (Å²) in [5.74, 6) is 0. The number of nitrogens with zero attached hydrogens (tertiary/aromatic N) is 1. The Balaban J connectivity index is 1.02. The first-order chi connectivity index (χ1) is 28.3. The van der Waals surface area contributed by atoms with Gasteiger partial charge in [0, 0.05) is 16.8 Å². The Kier molecular flexibility index (Phi) is 7.89. The van der Waals surface area contributed by atoms with E-state index in [4.69, 9.17) is 0 Å². The van der Waals surface area contributed by atoms with Crippen LogP contribution < -0.4 is 4.90 Å². The first-order valence-electron chi connectivity index (χ1n) is 19.7. The molecule has 57 heavy (non-hydrogen) atoms. The van der Waals surface area contributed by atoms with E-state index in [-0.39, 0.29) is 0 Å². The van der Waals surface area contributed by atoms with E-state index in [0.29, 0.717) is 0 Å². The van der Waals surface area contributed by atoms with Crippen LogP contribution in [0.4, 0.5) is 17.1 Å². The number of hydrogen-bond donors (Lipinski definition) is 0. The highest BCUT2D eigenvalue weighted by molar-refractivity contribution is 6.25. The second kappa shape index (κ2) is 13.7. The molecular weight excluding hydrogens is 687 g/mol. The van der Waals surface area contributed by atoms with Crippen LogP contribution in [0.15, 0.2) is 224 Å². The van der Waals surface area contributed by atoms with Crippen LogP contribution >= 0.6 is 0 Å². The average Bonchev–Trinajstić information content (AvgIpc) is 3.29. The first kappa shape index (κ1) is 32.9. The second-order valence-electron chi connectivity index (χ2n) is 14.9. The predicted molar refractivity (Wildman–Crippen MR) is 245 cm³/mol. The highest BCUT2D eigenvalue weighted by atomic mass is 15.1. The van der Waals surface area contributed by atoms with Gasteiger partial charge in [-0.1, -0.05) is 182 Å². The third-order valence-corrected chi connectivity index (χ3v) is 11.6. The fraction of sp³-hybridized carbons (Fsp3) is 0. The Hall–Kier alpha value is -7.48. The molecule has 11 rings (SSSR count). The maximum Gasteiger partial charge on any atom is 0.0540 e. The third-order valence-electron chi connectivity index (χ3n) is 11.6. The van der Waals surface area contributed by atoms with Crippen molar-refractivity contribution in [2.45, 2.75) is 0 Å². The summed E-state index contributed by atoms with van der Waals surface area (Å²) in [6, 6.07) is 82.0. The highest BCUT2D eigenvalue weighted by Crippen LogP contribution is 2.42. The molecule has 0 aromatic heterocycles. The molecule has 1 heteroatoms. The van der Waals surface area contributed by atoms with Gasteiger partial charge < -0.3 is 4.90 Å². The molecule has 0 spiro atoms. The molecule has 11 aromatic carbocycles. The number of fused-ring (bicyclic) bond motifs is 8. The van der Waals surface area contributed by atoms with Crippen LogP contribution in [-0.4, -0.2) is 0 Å². The lowest BCUT2D eigenvalue weighted by atomic mass is 9.92. The van der Waals surface area contributed by atoms with Gasteiger partial charge in [-0.3, -0.25) is 0 Å². The number of anilines is 3. The van der Waals surface area contributed by atoms with Gasteiger partial charge in [0.25, 0.3) is 0 Å². The van der Waals surface area contributed by atoms with Gasteiger partial charge >= 0.3 is 0 Å². The van der Waals surface area contributed by atoms with Crippen molar-refractivity contribution in [2.75, 3.05) is 4.90 Å². The molecule has 0 radical (unpaired) electrons. The third kappa shape index (κ3) is 5.72. The lowest BCUT2D eigenvalue weighted by molar-refractivity contribution is 1.30. The number of rotatable bonds is 6. The van der Waals surface area contributed by atoms with Gasteiger partial charge in [-0.25, -0.2) is 0 Å². The van der Waals surface area contributed by atoms with Crippen LogP contribution in [0.3, 0.4) is 0 Å². The van der Waals surface area contributed by atoms with E-state index in [1.54, 1.807) is 0 Å². The molecule has 11 aromatic rings. The van der Waals surface area contributed by atoms with E-state index in [1.165, 1.54) is 87.2 Å². The fourth-order valence-corrected chi connectivity index (χ4v) is 8.89. The SMILES string of the molecule is c1cc(-c2cccc(N(c3ccc(-c4ccc5c6ccccc6c6ccccc6c5c4)cc3)c3cccc4ccccc34)c2)cc(-c2cccc3ccccc23)c1. The lowest BCUT2D eigenvalue weighted by Gasteiger charge is -2.27. The highest BCUT2D eigenvalue weighted by Gasteiger charge is 2.17.